The zero-order chi connectivity index (χ0) is 27.6. The molecular formula is C30H41N5O5. The minimum atomic E-state index is -0.937. The van der Waals surface area contributed by atoms with Crippen LogP contribution in [0.25, 0.3) is 0 Å². The number of piperazine rings is 1. The molecule has 1 aliphatic carbocycles. The lowest BCUT2D eigenvalue weighted by molar-refractivity contribution is -0.136. The van der Waals surface area contributed by atoms with Crippen molar-refractivity contribution >= 4 is 29.3 Å². The van der Waals surface area contributed by atoms with Crippen LogP contribution in [0.15, 0.2) is 18.2 Å². The highest BCUT2D eigenvalue weighted by molar-refractivity contribution is 6.23. The van der Waals surface area contributed by atoms with Gasteiger partial charge in [-0.15, -0.1) is 0 Å². The summed E-state index contributed by atoms with van der Waals surface area (Å²) in [5.41, 5.74) is 1.59. The predicted octanol–water partition coefficient (Wildman–Crippen LogP) is 1.78. The lowest BCUT2D eigenvalue weighted by atomic mass is 9.86. The lowest BCUT2D eigenvalue weighted by Crippen LogP contribution is -2.54. The van der Waals surface area contributed by atoms with Crippen LogP contribution in [0.3, 0.4) is 0 Å². The molecule has 4 heterocycles. The Morgan fingerprint density at radius 2 is 1.52 bits per heavy atom. The van der Waals surface area contributed by atoms with Gasteiger partial charge in [0.25, 0.3) is 11.8 Å². The summed E-state index contributed by atoms with van der Waals surface area (Å²) >= 11 is 0. The number of ether oxygens (including phenoxy) is 1. The Morgan fingerprint density at radius 3 is 2.25 bits per heavy atom. The fourth-order valence-electron chi connectivity index (χ4n) is 7.01. The van der Waals surface area contributed by atoms with Crippen LogP contribution in [0, 0.1) is 11.8 Å². The van der Waals surface area contributed by atoms with E-state index in [2.05, 4.69) is 20.4 Å². The number of anilines is 1. The van der Waals surface area contributed by atoms with E-state index in [1.165, 1.54) is 38.5 Å². The number of imide groups is 2. The Labute approximate surface area is 235 Å². The summed E-state index contributed by atoms with van der Waals surface area (Å²) in [5, 5.41) is 5.67. The highest BCUT2D eigenvalue weighted by Crippen LogP contribution is 2.32. The summed E-state index contributed by atoms with van der Waals surface area (Å²) in [6, 6.07) is 4.46. The van der Waals surface area contributed by atoms with Crippen molar-refractivity contribution in [2.24, 2.45) is 11.8 Å². The van der Waals surface area contributed by atoms with E-state index in [-0.39, 0.29) is 18.7 Å². The monoisotopic (exact) mass is 551 g/mol. The van der Waals surface area contributed by atoms with Crippen molar-refractivity contribution in [1.82, 2.24) is 20.4 Å². The third-order valence-corrected chi connectivity index (χ3v) is 9.50. The van der Waals surface area contributed by atoms with Gasteiger partial charge >= 0.3 is 0 Å². The van der Waals surface area contributed by atoms with E-state index in [0.29, 0.717) is 17.2 Å². The van der Waals surface area contributed by atoms with Crippen molar-refractivity contribution in [2.45, 2.75) is 63.5 Å². The summed E-state index contributed by atoms with van der Waals surface area (Å²) in [6.45, 7) is 7.99. The molecule has 10 heteroatoms. The highest BCUT2D eigenvalue weighted by atomic mass is 16.5. The molecule has 2 N–H and O–H groups in total. The first kappa shape index (κ1) is 27.4. The minimum absolute atomic E-state index is 0.118. The number of rotatable bonds is 7. The van der Waals surface area contributed by atoms with Crippen LogP contribution in [-0.4, -0.2) is 98.0 Å². The van der Waals surface area contributed by atoms with E-state index < -0.39 is 23.8 Å². The summed E-state index contributed by atoms with van der Waals surface area (Å²) in [5.74, 6) is -0.414. The van der Waals surface area contributed by atoms with Crippen LogP contribution < -0.4 is 15.5 Å². The largest absolute Gasteiger partial charge is 0.378 e. The molecule has 0 aromatic heterocycles. The Kier molecular flexibility index (Phi) is 8.18. The van der Waals surface area contributed by atoms with Crippen LogP contribution in [-0.2, 0) is 14.3 Å². The van der Waals surface area contributed by atoms with Crippen molar-refractivity contribution < 1.29 is 23.9 Å². The lowest BCUT2D eigenvalue weighted by Gasteiger charge is -2.39. The number of carbonyl (C=O) groups is 4. The standard InChI is InChI=1S/C30H41N5O5/c36-27-8-7-26(28(37)32-27)35-29(38)24-6-3-22(17-25(24)30(35)39)34-15-13-33(14-16-34)18-20-1-4-23(5-2-20)40-19-21-9-11-31-12-10-21/h3,6,17,20-21,23,26,31H,1-2,4-5,7-16,18-19H2,(H,32,36,37). The molecule has 4 amide bonds. The third-order valence-electron chi connectivity index (χ3n) is 9.50. The Balaban J connectivity index is 0.972. The molecule has 1 saturated carbocycles. The zero-order valence-electron chi connectivity index (χ0n) is 23.2. The fourth-order valence-corrected chi connectivity index (χ4v) is 7.01. The molecule has 1 aromatic rings. The van der Waals surface area contributed by atoms with Gasteiger partial charge in [0, 0.05) is 51.4 Å². The number of nitrogens with zero attached hydrogens (tertiary/aromatic N) is 3. The van der Waals surface area contributed by atoms with E-state index >= 15 is 0 Å². The van der Waals surface area contributed by atoms with Gasteiger partial charge in [-0.25, -0.2) is 0 Å². The molecule has 5 aliphatic rings. The van der Waals surface area contributed by atoms with Crippen LogP contribution in [0.2, 0.25) is 0 Å². The number of piperidine rings is 2. The number of amides is 4. The molecule has 1 unspecified atom stereocenters. The Morgan fingerprint density at radius 1 is 0.800 bits per heavy atom. The fraction of sp³-hybridized carbons (Fsp3) is 0.667. The van der Waals surface area contributed by atoms with Gasteiger partial charge in [0.05, 0.1) is 17.2 Å². The number of benzene rings is 1. The quantitative estimate of drug-likeness (QED) is 0.494. The zero-order valence-corrected chi connectivity index (χ0v) is 23.2. The first-order valence-electron chi connectivity index (χ1n) is 15.1. The van der Waals surface area contributed by atoms with Crippen molar-refractivity contribution in [2.75, 3.05) is 57.3 Å². The molecule has 1 atom stereocenters. The van der Waals surface area contributed by atoms with Crippen LogP contribution in [0.4, 0.5) is 5.69 Å². The normalized spacial score (nSPS) is 28.6. The molecule has 3 saturated heterocycles. The second kappa shape index (κ2) is 12.0. The molecule has 0 spiro atoms. The van der Waals surface area contributed by atoms with E-state index in [0.717, 1.165) is 74.8 Å². The maximum Gasteiger partial charge on any atom is 0.262 e. The molecule has 10 nitrogen and oxygen atoms in total. The van der Waals surface area contributed by atoms with Gasteiger partial charge in [-0.3, -0.25) is 34.3 Å². The molecule has 6 rings (SSSR count). The van der Waals surface area contributed by atoms with Gasteiger partial charge in [-0.05, 0) is 88.1 Å². The second-order valence-corrected chi connectivity index (χ2v) is 12.1. The molecule has 0 bridgehead atoms. The highest BCUT2D eigenvalue weighted by Gasteiger charge is 2.44. The van der Waals surface area contributed by atoms with Gasteiger partial charge in [0.2, 0.25) is 11.8 Å². The number of hydrogen-bond acceptors (Lipinski definition) is 8. The van der Waals surface area contributed by atoms with Crippen molar-refractivity contribution in [3.63, 3.8) is 0 Å². The van der Waals surface area contributed by atoms with Crippen molar-refractivity contribution in [3.8, 4) is 0 Å². The Bertz CT molecular complexity index is 1140. The molecule has 216 valence electrons. The molecule has 0 radical (unpaired) electrons. The maximum absolute atomic E-state index is 13.2. The molecule has 4 fully saturated rings. The predicted molar refractivity (Wildman–Crippen MR) is 149 cm³/mol. The van der Waals surface area contributed by atoms with Gasteiger partial charge in [0.1, 0.15) is 6.04 Å². The van der Waals surface area contributed by atoms with Crippen molar-refractivity contribution in [1.29, 1.82) is 0 Å². The average Bonchev–Trinajstić information content (AvgIpc) is 3.22. The van der Waals surface area contributed by atoms with E-state index in [9.17, 15) is 19.2 Å². The maximum atomic E-state index is 13.2. The van der Waals surface area contributed by atoms with Gasteiger partial charge in [-0.1, -0.05) is 0 Å². The topological polar surface area (TPSA) is 111 Å². The first-order valence-corrected chi connectivity index (χ1v) is 15.1. The van der Waals surface area contributed by atoms with Gasteiger partial charge in [-0.2, -0.15) is 0 Å². The Hall–Kier alpha value is -2.82. The van der Waals surface area contributed by atoms with Gasteiger partial charge in [0.15, 0.2) is 0 Å². The van der Waals surface area contributed by atoms with Crippen LogP contribution >= 0.6 is 0 Å². The van der Waals surface area contributed by atoms with E-state index in [1.54, 1.807) is 12.1 Å². The number of fused-ring (bicyclic) bond motifs is 1. The SMILES string of the molecule is O=C1CCC(N2C(=O)c3ccc(N4CCN(CC5CCC(OCC6CCNCC6)CC5)CC4)cc3C2=O)C(=O)N1. The summed E-state index contributed by atoms with van der Waals surface area (Å²) in [4.78, 5) is 55.9. The second-order valence-electron chi connectivity index (χ2n) is 12.1. The van der Waals surface area contributed by atoms with Crippen molar-refractivity contribution in [3.05, 3.63) is 29.3 Å². The molecule has 4 aliphatic heterocycles. The smallest absolute Gasteiger partial charge is 0.262 e. The summed E-state index contributed by atoms with van der Waals surface area (Å²) < 4.78 is 6.29. The molecule has 40 heavy (non-hydrogen) atoms. The van der Waals surface area contributed by atoms with E-state index in [4.69, 9.17) is 4.74 Å². The van der Waals surface area contributed by atoms with Gasteiger partial charge < -0.3 is 15.0 Å². The number of hydrogen-bond donors (Lipinski definition) is 2. The number of nitrogens with one attached hydrogen (secondary N) is 2. The summed E-state index contributed by atoms with van der Waals surface area (Å²) in [7, 11) is 0. The minimum Gasteiger partial charge on any atom is -0.378 e. The third kappa shape index (κ3) is 5.80. The molecular weight excluding hydrogens is 510 g/mol. The molecule has 1 aromatic carbocycles. The summed E-state index contributed by atoms with van der Waals surface area (Å²) in [6.07, 6.45) is 8.02. The van der Waals surface area contributed by atoms with Crippen LogP contribution in [0.5, 0.6) is 0 Å². The average molecular weight is 552 g/mol. The van der Waals surface area contributed by atoms with Crippen LogP contribution in [0.1, 0.15) is 72.1 Å². The van der Waals surface area contributed by atoms with E-state index in [1.807, 2.05) is 6.07 Å². The number of carbonyl (C=O) groups excluding carboxylic acids is 4. The first-order chi connectivity index (χ1) is 19.5.